The first-order valence-corrected chi connectivity index (χ1v) is 28.5. The number of aliphatic hydroxyl groups is 3. The van der Waals surface area contributed by atoms with Crippen molar-refractivity contribution in [3.63, 3.8) is 0 Å². The van der Waals surface area contributed by atoms with Crippen LogP contribution in [0.5, 0.6) is 0 Å². The molecule has 0 amide bonds. The second kappa shape index (κ2) is 23.9. The van der Waals surface area contributed by atoms with Gasteiger partial charge in [0.05, 0.1) is 71.9 Å². The first-order chi connectivity index (χ1) is 27.0. The van der Waals surface area contributed by atoms with E-state index in [1.165, 1.54) is 14.0 Å². The van der Waals surface area contributed by atoms with Crippen molar-refractivity contribution in [1.82, 2.24) is 0 Å². The molecule has 3 heterocycles. The Morgan fingerprint density at radius 2 is 1.42 bits per heavy atom. The van der Waals surface area contributed by atoms with Crippen LogP contribution in [0.15, 0.2) is 0 Å². The molecule has 16 nitrogen and oxygen atoms in total. The number of methoxy groups -OCH3 is 2. The predicted molar refractivity (Wildman–Crippen MR) is 237 cm³/mol. The maximum Gasteiger partial charge on any atom is 0.311 e. The zero-order valence-corrected chi connectivity index (χ0v) is 43.0. The van der Waals surface area contributed by atoms with Gasteiger partial charge in [0.2, 0.25) is 0 Å². The molecule has 0 radical (unpaired) electrons. The Morgan fingerprint density at radius 1 is 0.898 bits per heavy atom. The number of hydrogen-bond acceptors (Lipinski definition) is 15. The summed E-state index contributed by atoms with van der Waals surface area (Å²) in [7, 11) is 3.24. The normalized spacial score (nSPS) is 44.3. The van der Waals surface area contributed by atoms with E-state index < -0.39 is 99.7 Å². The number of carbonyl (C=O) groups excluding carboxylic acids is 2. The third kappa shape index (κ3) is 15.1. The van der Waals surface area contributed by atoms with Crippen LogP contribution in [0, 0.1) is 29.6 Å². The number of likely N-dealkylation sites (N-methyl/N-ethyl adjacent to an activating group) is 1. The fourth-order valence-electron chi connectivity index (χ4n) is 8.85. The average Bonchev–Trinajstić information content (AvgIpc) is 3.15. The number of nitrogens with one attached hydrogen (secondary N) is 1. The number of hydrogen-bond donors (Lipinski definition) is 4. The van der Waals surface area contributed by atoms with Gasteiger partial charge in [-0.25, -0.2) is 8.42 Å². The second-order valence-electron chi connectivity index (χ2n) is 17.8. The molecule has 18 atom stereocenters. The number of ether oxygens (including phenoxy) is 7. The van der Waals surface area contributed by atoms with E-state index in [9.17, 15) is 24.9 Å². The van der Waals surface area contributed by atoms with Crippen LogP contribution in [-0.4, -0.2) is 153 Å². The molecule has 3 rings (SSSR count). The molecule has 0 spiro atoms. The minimum absolute atomic E-state index is 0.0492. The summed E-state index contributed by atoms with van der Waals surface area (Å²) in [5.74, 6) is -4.15. The minimum Gasteiger partial charge on any atom is -0.748 e. The molecule has 3 aliphatic rings. The first-order valence-electron chi connectivity index (χ1n) is 20.4. The molecule has 0 aromatic heterocycles. The molecule has 0 saturated carbocycles. The summed E-state index contributed by atoms with van der Waals surface area (Å²) in [5, 5.41) is 34.7. The Morgan fingerprint density at radius 3 is 1.90 bits per heavy atom. The van der Waals surface area contributed by atoms with E-state index in [1.807, 2.05) is 48.7 Å². The molecule has 0 aromatic carbocycles. The van der Waals surface area contributed by atoms with Gasteiger partial charge in [-0.3, -0.25) is 9.59 Å². The molecule has 0 bridgehead atoms. The highest BCUT2D eigenvalue weighted by atomic mass is 128. The molecular formula is C40H75I2NO15S. The number of Topliss-reactive ketones (excluding diaryl/α,β-unsaturated/α-hetero) is 1. The highest BCUT2D eigenvalue weighted by Gasteiger charge is 2.54. The van der Waals surface area contributed by atoms with Crippen molar-refractivity contribution in [3.05, 3.63) is 0 Å². The number of ketones is 1. The van der Waals surface area contributed by atoms with Crippen LogP contribution < -0.4 is 4.90 Å². The van der Waals surface area contributed by atoms with E-state index in [0.29, 0.717) is 19.1 Å². The van der Waals surface area contributed by atoms with E-state index in [2.05, 4.69) is 44.2 Å². The van der Waals surface area contributed by atoms with Crippen LogP contribution in [0.3, 0.4) is 0 Å². The summed E-state index contributed by atoms with van der Waals surface area (Å²) in [5.41, 5.74) is -3.72. The summed E-state index contributed by atoms with van der Waals surface area (Å²) < 4.78 is 71.9. The van der Waals surface area contributed by atoms with E-state index in [-0.39, 0.29) is 42.8 Å². The van der Waals surface area contributed by atoms with E-state index in [4.69, 9.17) is 46.1 Å². The summed E-state index contributed by atoms with van der Waals surface area (Å²) in [6, 6.07) is -0.176. The van der Waals surface area contributed by atoms with Crippen molar-refractivity contribution in [2.24, 2.45) is 29.6 Å². The Bertz CT molecular complexity index is 1420. The summed E-state index contributed by atoms with van der Waals surface area (Å²) >= 11 is 4.24. The number of esters is 1. The van der Waals surface area contributed by atoms with Crippen LogP contribution in [-0.2, 0) is 52.9 Å². The summed E-state index contributed by atoms with van der Waals surface area (Å²) in [4.78, 5) is 29.3. The lowest BCUT2D eigenvalue weighted by atomic mass is 9.73. The molecule has 0 unspecified atom stereocenters. The third-order valence-electron chi connectivity index (χ3n) is 13.0. The molecule has 3 fully saturated rings. The van der Waals surface area contributed by atoms with Gasteiger partial charge in [-0.05, 0) is 54.4 Å². The van der Waals surface area contributed by atoms with E-state index >= 15 is 0 Å². The van der Waals surface area contributed by atoms with Crippen molar-refractivity contribution < 1.29 is 75.9 Å². The Hall–Kier alpha value is 0.110. The predicted octanol–water partition coefficient (Wildman–Crippen LogP) is 3.23. The monoisotopic (exact) mass is 1100 g/mol. The minimum atomic E-state index is -3.92. The lowest BCUT2D eigenvalue weighted by Crippen LogP contribution is -3.12. The molecule has 3 aliphatic heterocycles. The van der Waals surface area contributed by atoms with Crippen molar-refractivity contribution in [1.29, 1.82) is 0 Å². The number of cyclic esters (lactones) is 1. The van der Waals surface area contributed by atoms with Crippen LogP contribution in [0.2, 0.25) is 0 Å². The van der Waals surface area contributed by atoms with Crippen LogP contribution >= 0.6 is 37.2 Å². The summed E-state index contributed by atoms with van der Waals surface area (Å²) in [6.07, 6.45) is -5.81. The molecule has 350 valence electrons. The average molecular weight is 1100 g/mol. The number of halogens is 2. The van der Waals surface area contributed by atoms with Crippen molar-refractivity contribution >= 4 is 59.1 Å². The van der Waals surface area contributed by atoms with Gasteiger partial charge in [0.15, 0.2) is 18.7 Å². The maximum atomic E-state index is 14.2. The highest BCUT2D eigenvalue weighted by molar-refractivity contribution is 15.0. The number of aliphatic hydroxyl groups excluding tert-OH is 2. The largest absolute Gasteiger partial charge is 0.748 e. The fourth-order valence-corrected chi connectivity index (χ4v) is 8.85. The molecule has 3 saturated heterocycles. The van der Waals surface area contributed by atoms with Gasteiger partial charge in [0.1, 0.15) is 23.5 Å². The smallest absolute Gasteiger partial charge is 0.311 e. The van der Waals surface area contributed by atoms with E-state index in [0.717, 1.165) is 4.90 Å². The van der Waals surface area contributed by atoms with Crippen molar-refractivity contribution in [2.75, 3.05) is 34.6 Å². The maximum absolute atomic E-state index is 14.2. The SMILES string of the molecule is CC[C@H]1OC(=O)[C@H](C)[C@@H](O[C@H]2C[C@@](C)(OC)[C@@H](C)[C@H](C)O2)[C@H](C)[C@@H](O[C@@H]2O[C@H](C)C[C@H]([NH+](C)C)[C@H]2O)[C@@](C)(OC)C[C@H](C)C(=O)[C@H](C)[C@@H](O)[C@]1(C)O.CS(=O)(=O)[O-].II. The van der Waals surface area contributed by atoms with Crippen LogP contribution in [0.25, 0.3) is 0 Å². The molecule has 19 heteroatoms. The molecule has 0 aromatic rings. The van der Waals surface area contributed by atoms with E-state index in [1.54, 1.807) is 34.8 Å². The van der Waals surface area contributed by atoms with Crippen LogP contribution in [0.4, 0.5) is 0 Å². The number of carbonyl (C=O) groups is 2. The van der Waals surface area contributed by atoms with Gasteiger partial charge in [-0.1, -0.05) is 34.6 Å². The van der Waals surface area contributed by atoms with Gasteiger partial charge >= 0.3 is 5.97 Å². The number of rotatable bonds is 8. The van der Waals surface area contributed by atoms with Gasteiger partial charge in [0.25, 0.3) is 0 Å². The molecule has 0 aliphatic carbocycles. The lowest BCUT2D eigenvalue weighted by molar-refractivity contribution is -0.893. The first kappa shape index (κ1) is 57.1. The Balaban J connectivity index is 0.00000230. The second-order valence-corrected chi connectivity index (χ2v) is 19.2. The zero-order valence-electron chi connectivity index (χ0n) is 37.9. The van der Waals surface area contributed by atoms with Crippen LogP contribution in [0.1, 0.15) is 102 Å². The highest BCUT2D eigenvalue weighted by Crippen LogP contribution is 2.42. The Labute approximate surface area is 376 Å². The molecular weight excluding hydrogens is 1020 g/mol. The zero-order chi connectivity index (χ0) is 46.2. The fraction of sp³-hybridized carbons (Fsp3) is 0.950. The number of quaternary nitrogens is 1. The van der Waals surface area contributed by atoms with Gasteiger partial charge in [0, 0.05) is 94.2 Å². The summed E-state index contributed by atoms with van der Waals surface area (Å²) in [6.45, 7) is 19.9. The van der Waals surface area contributed by atoms with Gasteiger partial charge in [-0.15, -0.1) is 0 Å². The third-order valence-corrected chi connectivity index (χ3v) is 13.0. The van der Waals surface area contributed by atoms with Gasteiger partial charge < -0.3 is 57.9 Å². The lowest BCUT2D eigenvalue weighted by Gasteiger charge is -2.50. The Kier molecular flexibility index (Phi) is 23.1. The quantitative estimate of drug-likeness (QED) is 0.156. The molecule has 4 N–H and O–H groups in total. The van der Waals surface area contributed by atoms with Crippen molar-refractivity contribution in [3.8, 4) is 0 Å². The standard InChI is InChI=1S/C39H71NO12.CH4O3S.I2/c1-16-28-39(11,45)33(43)22(4)30(41)20(2)18-38(10,47-15)34(52-36-31(42)27(40(12)13)17-21(3)48-36)23(5)32(24(6)35(44)50-28)51-29-19-37(9,46-14)25(7)26(8)49-29;1-5(2,3)4;1-2/h20-29,31-34,36,42-43,45H,16-19H2,1-15H3;1H3,(H,2,3,4);/t20-,21+,22-,23-,24+,25-,26-,27-,28+,29-,31+,32-,33+,34+,36-,37+,38-,39+;;/m0../s1. The topological polar surface area (TPSA) is 221 Å². The molecule has 59 heavy (non-hydrogen) atoms. The van der Waals surface area contributed by atoms with Crippen molar-refractivity contribution in [2.45, 2.75) is 180 Å². The van der Waals surface area contributed by atoms with Gasteiger partial charge in [-0.2, -0.15) is 0 Å².